The van der Waals surface area contributed by atoms with Gasteiger partial charge in [-0.15, -0.1) is 9.45 Å². The van der Waals surface area contributed by atoms with Crippen LogP contribution in [-0.4, -0.2) is 10.5 Å². The molecule has 1 rings (SSSR count). The lowest BCUT2D eigenvalue weighted by atomic mass is 10.4. The fraction of sp³-hybridized carbons (Fsp3) is 1.00. The molecule has 0 N–H and O–H groups in total. The highest BCUT2D eigenvalue weighted by atomic mass is 32.8. The van der Waals surface area contributed by atoms with Gasteiger partial charge in [-0.2, -0.15) is 0 Å². The average Bonchev–Trinajstić information content (AvgIpc) is 1.94. The van der Waals surface area contributed by atoms with Crippen LogP contribution < -0.4 is 0 Å². The maximum absolute atomic E-state index is 5.00. The van der Waals surface area contributed by atoms with Gasteiger partial charge in [-0.25, -0.2) is 0 Å². The van der Waals surface area contributed by atoms with Gasteiger partial charge in [0.05, 0.1) is 0 Å². The Balaban J connectivity index is 2.51. The lowest BCUT2D eigenvalue weighted by Gasteiger charge is -1.62. The molecule has 0 aliphatic carbocycles. The fourth-order valence-corrected chi connectivity index (χ4v) is 2.49. The summed E-state index contributed by atoms with van der Waals surface area (Å²) in [4.78, 5) is 0. The van der Waals surface area contributed by atoms with Crippen molar-refractivity contribution in [2.45, 2.75) is 24.3 Å². The molecule has 1 heterocycles. The standard InChI is InChI=1S/C4H8S2/c1-3-4(2)6(3)5/h3-4H,1-2H3. The van der Waals surface area contributed by atoms with Crippen molar-refractivity contribution in [3.05, 3.63) is 0 Å². The minimum Gasteiger partial charge on any atom is -0.114 e. The van der Waals surface area contributed by atoms with Gasteiger partial charge in [-0.3, -0.25) is 0 Å². The van der Waals surface area contributed by atoms with Crippen molar-refractivity contribution in [2.75, 3.05) is 0 Å². The second-order valence-electron chi connectivity index (χ2n) is 1.74. The zero-order valence-corrected chi connectivity index (χ0v) is 5.60. The van der Waals surface area contributed by atoms with E-state index in [0.29, 0.717) is 9.45 Å². The topological polar surface area (TPSA) is 0 Å². The third-order valence-corrected chi connectivity index (χ3v) is 5.11. The molecule has 6 heavy (non-hydrogen) atoms. The van der Waals surface area contributed by atoms with Gasteiger partial charge in [-0.1, -0.05) is 25.0 Å². The molecule has 2 heteroatoms. The fourth-order valence-electron chi connectivity index (χ4n) is 0.427. The monoisotopic (exact) mass is 120 g/mol. The van der Waals surface area contributed by atoms with Crippen molar-refractivity contribution in [1.29, 1.82) is 0 Å². The molecule has 0 nitrogen and oxygen atoms in total. The molecule has 1 fully saturated rings. The molecule has 0 radical (unpaired) electrons. The van der Waals surface area contributed by atoms with Gasteiger partial charge >= 0.3 is 0 Å². The van der Waals surface area contributed by atoms with Crippen LogP contribution in [-0.2, 0) is 20.6 Å². The quantitative estimate of drug-likeness (QED) is 0.427. The lowest BCUT2D eigenvalue weighted by molar-refractivity contribution is 1.05. The molecular formula is C4H8S2. The van der Waals surface area contributed by atoms with Crippen LogP contribution in [0.5, 0.6) is 0 Å². The Bertz CT molecular complexity index is 77.5. The van der Waals surface area contributed by atoms with E-state index in [1.54, 1.807) is 0 Å². The van der Waals surface area contributed by atoms with Crippen molar-refractivity contribution in [2.24, 2.45) is 0 Å². The average molecular weight is 120 g/mol. The first-order valence-corrected chi connectivity index (χ1v) is 4.40. The first-order chi connectivity index (χ1) is 2.73. The summed E-state index contributed by atoms with van der Waals surface area (Å²) in [6, 6.07) is 0. The molecule has 0 aromatic rings. The zero-order chi connectivity index (χ0) is 4.73. The molecule has 0 bridgehead atoms. The highest BCUT2D eigenvalue weighted by Gasteiger charge is 2.33. The molecule has 36 valence electrons. The van der Waals surface area contributed by atoms with E-state index in [1.807, 2.05) is 0 Å². The van der Waals surface area contributed by atoms with Crippen molar-refractivity contribution in [1.82, 2.24) is 0 Å². The van der Waals surface area contributed by atoms with E-state index in [9.17, 15) is 0 Å². The minimum absolute atomic E-state index is 0.383. The van der Waals surface area contributed by atoms with Crippen LogP contribution in [0.25, 0.3) is 0 Å². The summed E-state index contributed by atoms with van der Waals surface area (Å²) in [6.07, 6.45) is 0. The third kappa shape index (κ3) is 0.521. The van der Waals surface area contributed by atoms with Gasteiger partial charge in [0.1, 0.15) is 0 Å². The lowest BCUT2D eigenvalue weighted by Crippen LogP contribution is -1.74. The molecular weight excluding hydrogens is 112 g/mol. The van der Waals surface area contributed by atoms with Crippen molar-refractivity contribution in [3.8, 4) is 0 Å². The van der Waals surface area contributed by atoms with Crippen molar-refractivity contribution in [3.63, 3.8) is 0 Å². The summed E-state index contributed by atoms with van der Waals surface area (Å²) in [5.41, 5.74) is 0. The van der Waals surface area contributed by atoms with Gasteiger partial charge in [0, 0.05) is 10.5 Å². The molecule has 1 saturated heterocycles. The van der Waals surface area contributed by atoms with Crippen LogP contribution in [0.1, 0.15) is 13.8 Å². The largest absolute Gasteiger partial charge is 0.114 e. The first-order valence-electron chi connectivity index (χ1n) is 2.13. The van der Waals surface area contributed by atoms with Crippen LogP contribution in [0.4, 0.5) is 0 Å². The summed E-state index contributed by atoms with van der Waals surface area (Å²) in [5.74, 6) is 0. The van der Waals surface area contributed by atoms with Crippen LogP contribution in [0.2, 0.25) is 0 Å². The van der Waals surface area contributed by atoms with Crippen LogP contribution in [0, 0.1) is 0 Å². The minimum atomic E-state index is 0.383. The Kier molecular flexibility index (Phi) is 1.000. The summed E-state index contributed by atoms with van der Waals surface area (Å²) in [7, 11) is 0.383. The van der Waals surface area contributed by atoms with Gasteiger partial charge in [-0.05, 0) is 0 Å². The highest BCUT2D eigenvalue weighted by molar-refractivity contribution is 8.33. The number of hydrogen-bond acceptors (Lipinski definition) is 1. The molecule has 0 spiro atoms. The van der Waals surface area contributed by atoms with E-state index in [2.05, 4.69) is 13.8 Å². The normalized spacial score (nSPS) is 55.3. The Morgan fingerprint density at radius 1 is 1.33 bits per heavy atom. The smallest absolute Gasteiger partial charge is 0.0188 e. The molecule has 2 atom stereocenters. The maximum atomic E-state index is 5.00. The molecule has 0 saturated carbocycles. The van der Waals surface area contributed by atoms with E-state index in [0.717, 1.165) is 10.5 Å². The molecule has 0 aromatic carbocycles. The maximum Gasteiger partial charge on any atom is 0.0188 e. The van der Waals surface area contributed by atoms with Gasteiger partial charge in [0.2, 0.25) is 0 Å². The van der Waals surface area contributed by atoms with Gasteiger partial charge in [0.15, 0.2) is 0 Å². The molecule has 0 aromatic heterocycles. The summed E-state index contributed by atoms with van der Waals surface area (Å²) in [5, 5.41) is 1.72. The van der Waals surface area contributed by atoms with E-state index >= 15 is 0 Å². The van der Waals surface area contributed by atoms with Gasteiger partial charge < -0.3 is 0 Å². The van der Waals surface area contributed by atoms with E-state index in [4.69, 9.17) is 11.2 Å². The van der Waals surface area contributed by atoms with Crippen LogP contribution in [0.3, 0.4) is 0 Å². The molecule has 1 aliphatic heterocycles. The Morgan fingerprint density at radius 2 is 1.50 bits per heavy atom. The highest BCUT2D eigenvalue weighted by Crippen LogP contribution is 2.25. The Labute approximate surface area is 45.5 Å². The zero-order valence-electron chi connectivity index (χ0n) is 3.97. The summed E-state index contributed by atoms with van der Waals surface area (Å²) >= 11 is 5.00. The SMILES string of the molecule is CC1C(C)S1=S. The van der Waals surface area contributed by atoms with Crippen LogP contribution in [0.15, 0.2) is 0 Å². The van der Waals surface area contributed by atoms with Crippen LogP contribution >= 0.6 is 0 Å². The van der Waals surface area contributed by atoms with E-state index in [-0.39, 0.29) is 0 Å². The molecule has 1 aliphatic rings. The van der Waals surface area contributed by atoms with Crippen molar-refractivity contribution < 1.29 is 0 Å². The predicted molar refractivity (Wildman–Crippen MR) is 33.7 cm³/mol. The second kappa shape index (κ2) is 1.27. The van der Waals surface area contributed by atoms with E-state index < -0.39 is 0 Å². The molecule has 2 unspecified atom stereocenters. The van der Waals surface area contributed by atoms with Crippen molar-refractivity contribution >= 4 is 20.6 Å². The number of hydrogen-bond donors (Lipinski definition) is 0. The number of rotatable bonds is 0. The second-order valence-corrected chi connectivity index (χ2v) is 5.04. The van der Waals surface area contributed by atoms with Gasteiger partial charge in [0.25, 0.3) is 0 Å². The predicted octanol–water partition coefficient (Wildman–Crippen LogP) is 0.857. The van der Waals surface area contributed by atoms with E-state index in [1.165, 1.54) is 0 Å². The Hall–Kier alpha value is 0.570. The first kappa shape index (κ1) is 4.72. The summed E-state index contributed by atoms with van der Waals surface area (Å²) < 4.78 is 0. The third-order valence-electron chi connectivity index (χ3n) is 1.32. The molecule has 0 amide bonds. The Morgan fingerprint density at radius 3 is 1.50 bits per heavy atom. The summed E-state index contributed by atoms with van der Waals surface area (Å²) in [6.45, 7) is 4.45.